The minimum Gasteiger partial charge on any atom is -0.507 e. The molecule has 5 aromatic rings. The second-order valence-electron chi connectivity index (χ2n) is 11.2. The Bertz CT molecular complexity index is 1930. The summed E-state index contributed by atoms with van der Waals surface area (Å²) in [6.45, 7) is 3.62. The Kier molecular flexibility index (Phi) is 11.1. The summed E-state index contributed by atoms with van der Waals surface area (Å²) in [5.74, 6) is -0.697. The number of carbonyl (C=O) groups excluding carboxylic acids is 1. The number of sulfone groups is 1. The fourth-order valence-electron chi connectivity index (χ4n) is 5.35. The third-order valence-electron chi connectivity index (χ3n) is 7.83. The van der Waals surface area contributed by atoms with Crippen LogP contribution >= 0.6 is 11.6 Å². The molecule has 1 atom stereocenters. The molecule has 0 aliphatic rings. The number of hydrogen-bond donors (Lipinski definition) is 2. The van der Waals surface area contributed by atoms with Gasteiger partial charge in [0.2, 0.25) is 9.84 Å². The SMILES string of the molecule is CCOC(=O)c1cccc(-c2ccc(S(=O)(=O)c3ccc(CCN(Cc4ccccc4)CC(O)c4cccc(Cl)c4)cc3)cc2O)c1. The molecule has 242 valence electrons. The van der Waals surface area contributed by atoms with Crippen molar-refractivity contribution in [3.63, 3.8) is 0 Å². The van der Waals surface area contributed by atoms with Crippen LogP contribution in [0.4, 0.5) is 0 Å². The molecule has 0 aromatic heterocycles. The summed E-state index contributed by atoms with van der Waals surface area (Å²) >= 11 is 6.15. The average Bonchev–Trinajstić information content (AvgIpc) is 3.08. The Hall–Kier alpha value is -4.47. The van der Waals surface area contributed by atoms with Gasteiger partial charge in [0.05, 0.1) is 28.1 Å². The predicted octanol–water partition coefficient (Wildman–Crippen LogP) is 7.50. The van der Waals surface area contributed by atoms with Gasteiger partial charge in [0.1, 0.15) is 5.75 Å². The Morgan fingerprint density at radius 3 is 2.26 bits per heavy atom. The van der Waals surface area contributed by atoms with Crippen molar-refractivity contribution in [2.45, 2.75) is 35.8 Å². The number of esters is 1. The Morgan fingerprint density at radius 1 is 0.830 bits per heavy atom. The summed E-state index contributed by atoms with van der Waals surface area (Å²) < 4.78 is 32.0. The molecule has 7 nitrogen and oxygen atoms in total. The molecule has 1 unspecified atom stereocenters. The molecule has 0 fully saturated rings. The molecule has 5 rings (SSSR count). The maximum Gasteiger partial charge on any atom is 0.338 e. The molecule has 0 radical (unpaired) electrons. The van der Waals surface area contributed by atoms with Crippen molar-refractivity contribution in [1.29, 1.82) is 0 Å². The summed E-state index contributed by atoms with van der Waals surface area (Å²) in [7, 11) is -3.92. The van der Waals surface area contributed by atoms with Gasteiger partial charge in [-0.15, -0.1) is 0 Å². The second-order valence-corrected chi connectivity index (χ2v) is 13.6. The van der Waals surface area contributed by atoms with E-state index in [2.05, 4.69) is 4.90 Å². The van der Waals surface area contributed by atoms with Crippen molar-refractivity contribution in [1.82, 2.24) is 4.90 Å². The molecule has 0 amide bonds. The number of ether oxygens (including phenoxy) is 1. The minimum atomic E-state index is -3.92. The second kappa shape index (κ2) is 15.4. The molecule has 0 aliphatic heterocycles. The number of benzene rings is 5. The van der Waals surface area contributed by atoms with Crippen LogP contribution in [0.1, 0.15) is 40.1 Å². The van der Waals surface area contributed by atoms with E-state index in [0.29, 0.717) is 47.8 Å². The van der Waals surface area contributed by atoms with Gasteiger partial charge in [-0.05, 0) is 90.2 Å². The van der Waals surface area contributed by atoms with Gasteiger partial charge in [-0.1, -0.05) is 78.3 Å². The number of aliphatic hydroxyl groups excluding tert-OH is 1. The molecule has 47 heavy (non-hydrogen) atoms. The molecule has 0 saturated heterocycles. The van der Waals surface area contributed by atoms with E-state index in [1.54, 1.807) is 67.6 Å². The van der Waals surface area contributed by atoms with Crippen LogP contribution in [0.15, 0.2) is 131 Å². The zero-order valence-corrected chi connectivity index (χ0v) is 27.5. The van der Waals surface area contributed by atoms with Crippen LogP contribution in [0.25, 0.3) is 11.1 Å². The topological polar surface area (TPSA) is 104 Å². The van der Waals surface area contributed by atoms with E-state index in [1.165, 1.54) is 18.2 Å². The molecule has 2 N–H and O–H groups in total. The number of phenolic OH excluding ortho intramolecular Hbond substituents is 1. The molecule has 0 heterocycles. The van der Waals surface area contributed by atoms with Gasteiger partial charge < -0.3 is 14.9 Å². The lowest BCUT2D eigenvalue weighted by molar-refractivity contribution is 0.0526. The Balaban J connectivity index is 1.29. The summed E-state index contributed by atoms with van der Waals surface area (Å²) in [4.78, 5) is 14.4. The average molecular weight is 670 g/mol. The van der Waals surface area contributed by atoms with Crippen LogP contribution in [0.3, 0.4) is 0 Å². The summed E-state index contributed by atoms with van der Waals surface area (Å²) in [6, 6.07) is 34.8. The Labute approximate surface area is 280 Å². The number of nitrogens with zero attached hydrogens (tertiary/aromatic N) is 1. The summed E-state index contributed by atoms with van der Waals surface area (Å²) in [5, 5.41) is 22.3. The quantitative estimate of drug-likeness (QED) is 0.125. The molecular formula is C38H36ClNO6S. The van der Waals surface area contributed by atoms with E-state index < -0.39 is 21.9 Å². The first-order valence-electron chi connectivity index (χ1n) is 15.3. The third kappa shape index (κ3) is 8.67. The fourth-order valence-corrected chi connectivity index (χ4v) is 6.83. The molecule has 0 saturated carbocycles. The van der Waals surface area contributed by atoms with E-state index in [9.17, 15) is 23.4 Å². The predicted molar refractivity (Wildman–Crippen MR) is 183 cm³/mol. The zero-order valence-electron chi connectivity index (χ0n) is 25.9. The lowest BCUT2D eigenvalue weighted by Gasteiger charge is -2.25. The van der Waals surface area contributed by atoms with Crippen molar-refractivity contribution < 1.29 is 28.2 Å². The summed E-state index contributed by atoms with van der Waals surface area (Å²) in [6.07, 6.45) is -0.0929. The highest BCUT2D eigenvalue weighted by molar-refractivity contribution is 7.91. The highest BCUT2D eigenvalue weighted by atomic mass is 35.5. The number of aliphatic hydroxyl groups is 1. The van der Waals surface area contributed by atoms with E-state index >= 15 is 0 Å². The normalized spacial score (nSPS) is 12.2. The van der Waals surface area contributed by atoms with Crippen molar-refractivity contribution in [2.75, 3.05) is 19.7 Å². The standard InChI is InChI=1S/C38H36ClNO6S/c1-2-46-38(43)31-12-6-10-29(22-31)35-19-18-34(24-36(35)41)47(44,45)33-16-14-27(15-17-33)20-21-40(25-28-8-4-3-5-9-28)26-37(42)30-11-7-13-32(39)23-30/h3-19,22-24,37,41-42H,2,20-21,25-26H2,1H3. The van der Waals surface area contributed by atoms with Gasteiger partial charge in [0, 0.05) is 30.2 Å². The maximum absolute atomic E-state index is 13.5. The fraction of sp³-hybridized carbons (Fsp3) is 0.184. The minimum absolute atomic E-state index is 0.0444. The molecule has 5 aromatic carbocycles. The molecule has 0 aliphatic carbocycles. The lowest BCUT2D eigenvalue weighted by Crippen LogP contribution is -2.30. The van der Waals surface area contributed by atoms with E-state index in [1.807, 2.05) is 42.5 Å². The van der Waals surface area contributed by atoms with Crippen LogP contribution in [0, 0.1) is 0 Å². The van der Waals surface area contributed by atoms with Crippen molar-refractivity contribution in [3.8, 4) is 16.9 Å². The zero-order chi connectivity index (χ0) is 33.4. The summed E-state index contributed by atoms with van der Waals surface area (Å²) in [5.41, 5.74) is 4.09. The van der Waals surface area contributed by atoms with E-state index in [-0.39, 0.29) is 22.1 Å². The van der Waals surface area contributed by atoms with Gasteiger partial charge in [0.15, 0.2) is 0 Å². The number of aromatic hydroxyl groups is 1. The number of carbonyl (C=O) groups is 1. The lowest BCUT2D eigenvalue weighted by atomic mass is 10.0. The third-order valence-corrected chi connectivity index (χ3v) is 9.83. The maximum atomic E-state index is 13.5. The van der Waals surface area contributed by atoms with Crippen molar-refractivity contribution in [2.24, 2.45) is 0 Å². The van der Waals surface area contributed by atoms with E-state index in [4.69, 9.17) is 16.3 Å². The van der Waals surface area contributed by atoms with Gasteiger partial charge in [-0.2, -0.15) is 0 Å². The largest absolute Gasteiger partial charge is 0.507 e. The van der Waals surface area contributed by atoms with Gasteiger partial charge in [-0.25, -0.2) is 13.2 Å². The smallest absolute Gasteiger partial charge is 0.338 e. The highest BCUT2D eigenvalue weighted by Crippen LogP contribution is 2.34. The first-order valence-corrected chi connectivity index (χ1v) is 17.1. The van der Waals surface area contributed by atoms with Gasteiger partial charge in [0.25, 0.3) is 0 Å². The van der Waals surface area contributed by atoms with E-state index in [0.717, 1.165) is 16.7 Å². The molecule has 9 heteroatoms. The van der Waals surface area contributed by atoms with Crippen LogP contribution in [0.5, 0.6) is 5.75 Å². The first kappa shape index (κ1) is 33.9. The molecular weight excluding hydrogens is 634 g/mol. The number of halogens is 1. The number of rotatable bonds is 13. The van der Waals surface area contributed by atoms with Crippen LogP contribution in [0.2, 0.25) is 5.02 Å². The van der Waals surface area contributed by atoms with Crippen LogP contribution in [-0.4, -0.2) is 49.2 Å². The highest BCUT2D eigenvalue weighted by Gasteiger charge is 2.21. The van der Waals surface area contributed by atoms with Crippen molar-refractivity contribution in [3.05, 3.63) is 149 Å². The van der Waals surface area contributed by atoms with Crippen molar-refractivity contribution >= 4 is 27.4 Å². The first-order chi connectivity index (χ1) is 22.6. The number of phenols is 1. The Morgan fingerprint density at radius 2 is 1.55 bits per heavy atom. The monoisotopic (exact) mass is 669 g/mol. The molecule has 0 spiro atoms. The van der Waals surface area contributed by atoms with Crippen LogP contribution in [-0.2, 0) is 27.5 Å². The van der Waals surface area contributed by atoms with Gasteiger partial charge in [-0.3, -0.25) is 4.90 Å². The molecule has 0 bridgehead atoms. The van der Waals surface area contributed by atoms with Gasteiger partial charge >= 0.3 is 5.97 Å². The van der Waals surface area contributed by atoms with Crippen LogP contribution < -0.4 is 0 Å². The number of hydrogen-bond acceptors (Lipinski definition) is 7.